The Labute approximate surface area is 121 Å². The minimum Gasteiger partial charge on any atom is -0.369 e. The summed E-state index contributed by atoms with van der Waals surface area (Å²) in [5, 5.41) is 9.36. The number of nitrogens with two attached hydrogens (primary N) is 1. The molecule has 98 valence electrons. The third-order valence-corrected chi connectivity index (χ3v) is 3.46. The quantitative estimate of drug-likeness (QED) is 0.743. The Morgan fingerprint density at radius 1 is 1.25 bits per heavy atom. The number of rotatable bonds is 1. The lowest BCUT2D eigenvalue weighted by molar-refractivity contribution is 1.11. The number of fused-ring (bicyclic) bond motifs is 1. The summed E-state index contributed by atoms with van der Waals surface area (Å²) in [6, 6.07) is 13.1. The van der Waals surface area contributed by atoms with E-state index in [1.807, 2.05) is 25.1 Å². The number of aromatic nitrogens is 2. The van der Waals surface area contributed by atoms with Crippen LogP contribution in [0.25, 0.3) is 16.7 Å². The molecule has 20 heavy (non-hydrogen) atoms. The molecule has 0 radical (unpaired) electrons. The zero-order valence-corrected chi connectivity index (χ0v) is 11.5. The first-order valence-corrected chi connectivity index (χ1v) is 6.42. The second-order valence-corrected chi connectivity index (χ2v) is 4.98. The molecular weight excluding hydrogens is 272 g/mol. The number of hydrogen-bond donors (Lipinski definition) is 1. The van der Waals surface area contributed by atoms with Crippen LogP contribution in [0.4, 0.5) is 5.95 Å². The van der Waals surface area contributed by atoms with E-state index in [0.29, 0.717) is 16.5 Å². The molecule has 0 bridgehead atoms. The molecule has 0 spiro atoms. The Hall–Kier alpha value is -2.51. The number of anilines is 1. The van der Waals surface area contributed by atoms with Gasteiger partial charge in [-0.1, -0.05) is 17.7 Å². The molecule has 0 atom stereocenters. The molecule has 5 heteroatoms. The minimum absolute atomic E-state index is 0.372. The molecule has 0 aliphatic rings. The van der Waals surface area contributed by atoms with Gasteiger partial charge in [-0.15, -0.1) is 0 Å². The summed E-state index contributed by atoms with van der Waals surface area (Å²) < 4.78 is 1.79. The van der Waals surface area contributed by atoms with Crippen LogP contribution < -0.4 is 5.73 Å². The second kappa shape index (κ2) is 4.55. The molecule has 3 aromatic rings. The summed E-state index contributed by atoms with van der Waals surface area (Å²) >= 11 is 6.25. The fourth-order valence-electron chi connectivity index (χ4n) is 2.22. The normalized spacial score (nSPS) is 10.7. The van der Waals surface area contributed by atoms with Gasteiger partial charge in [-0.05, 0) is 42.8 Å². The molecule has 3 rings (SSSR count). The van der Waals surface area contributed by atoms with E-state index >= 15 is 0 Å². The molecular formula is C15H11ClN4. The number of nitrogens with zero attached hydrogens (tertiary/aromatic N) is 3. The van der Waals surface area contributed by atoms with E-state index < -0.39 is 0 Å². The van der Waals surface area contributed by atoms with Crippen LogP contribution in [-0.4, -0.2) is 9.55 Å². The van der Waals surface area contributed by atoms with Crippen molar-refractivity contribution in [2.45, 2.75) is 6.92 Å². The van der Waals surface area contributed by atoms with Gasteiger partial charge in [0.05, 0.1) is 33.4 Å². The van der Waals surface area contributed by atoms with Gasteiger partial charge in [0.2, 0.25) is 5.95 Å². The average molecular weight is 283 g/mol. The highest BCUT2D eigenvalue weighted by atomic mass is 35.5. The molecule has 0 fully saturated rings. The number of aryl methyl sites for hydroxylation is 1. The summed E-state index contributed by atoms with van der Waals surface area (Å²) in [6.07, 6.45) is 0. The molecule has 0 aliphatic carbocycles. The van der Waals surface area contributed by atoms with E-state index in [4.69, 9.17) is 22.6 Å². The predicted molar refractivity (Wildman–Crippen MR) is 79.9 cm³/mol. The van der Waals surface area contributed by atoms with Crippen LogP contribution in [0.2, 0.25) is 5.02 Å². The van der Waals surface area contributed by atoms with Gasteiger partial charge >= 0.3 is 0 Å². The molecule has 1 heterocycles. The third-order valence-electron chi connectivity index (χ3n) is 3.15. The van der Waals surface area contributed by atoms with Crippen LogP contribution in [0.3, 0.4) is 0 Å². The van der Waals surface area contributed by atoms with Crippen LogP contribution in [0, 0.1) is 18.3 Å². The van der Waals surface area contributed by atoms with E-state index in [2.05, 4.69) is 11.1 Å². The summed E-state index contributed by atoms with van der Waals surface area (Å²) in [6.45, 7) is 2.00. The van der Waals surface area contributed by atoms with Crippen molar-refractivity contribution < 1.29 is 0 Å². The number of nitrogen functional groups attached to an aromatic ring is 1. The Bertz CT molecular complexity index is 858. The SMILES string of the molecule is Cc1ccc2c(c1)nc(N)n2-c1ccc(C#N)cc1Cl. The van der Waals surface area contributed by atoms with Crippen molar-refractivity contribution in [3.63, 3.8) is 0 Å². The molecule has 2 N–H and O–H groups in total. The maximum atomic E-state index is 8.89. The third kappa shape index (κ3) is 1.89. The number of benzene rings is 2. The topological polar surface area (TPSA) is 67.6 Å². The van der Waals surface area contributed by atoms with E-state index in [0.717, 1.165) is 22.3 Å². The van der Waals surface area contributed by atoms with Gasteiger partial charge in [-0.3, -0.25) is 4.57 Å². The smallest absolute Gasteiger partial charge is 0.205 e. The number of imidazole rings is 1. The Balaban J connectivity index is 2.30. The van der Waals surface area contributed by atoms with Crippen molar-refractivity contribution in [2.75, 3.05) is 5.73 Å². The Kier molecular flexibility index (Phi) is 2.85. The number of nitriles is 1. The number of hydrogen-bond acceptors (Lipinski definition) is 3. The highest BCUT2D eigenvalue weighted by Gasteiger charge is 2.13. The van der Waals surface area contributed by atoms with Gasteiger partial charge in [-0.25, -0.2) is 4.98 Å². The standard InChI is InChI=1S/C15H11ClN4/c1-9-2-4-14-12(6-9)19-15(18)20(14)13-5-3-10(8-17)7-11(13)16/h2-7H,1H3,(H2,18,19). The minimum atomic E-state index is 0.372. The second-order valence-electron chi connectivity index (χ2n) is 4.58. The molecule has 0 aliphatic heterocycles. The van der Waals surface area contributed by atoms with Crippen molar-refractivity contribution >= 4 is 28.6 Å². The first-order valence-electron chi connectivity index (χ1n) is 6.05. The van der Waals surface area contributed by atoms with Crippen LogP contribution in [-0.2, 0) is 0 Å². The maximum Gasteiger partial charge on any atom is 0.205 e. The van der Waals surface area contributed by atoms with Crippen LogP contribution >= 0.6 is 11.6 Å². The summed E-state index contributed by atoms with van der Waals surface area (Å²) in [5.74, 6) is 0.372. The van der Waals surface area contributed by atoms with Gasteiger partial charge in [0, 0.05) is 0 Å². The van der Waals surface area contributed by atoms with Crippen molar-refractivity contribution in [1.29, 1.82) is 5.26 Å². The van der Waals surface area contributed by atoms with Crippen molar-refractivity contribution in [3.05, 3.63) is 52.5 Å². The average Bonchev–Trinajstić information content (AvgIpc) is 2.73. The van der Waals surface area contributed by atoms with Crippen molar-refractivity contribution in [1.82, 2.24) is 9.55 Å². The summed E-state index contributed by atoms with van der Waals surface area (Å²) in [7, 11) is 0. The summed E-state index contributed by atoms with van der Waals surface area (Å²) in [5.41, 5.74) is 10.1. The van der Waals surface area contributed by atoms with Crippen molar-refractivity contribution in [2.24, 2.45) is 0 Å². The van der Waals surface area contributed by atoms with Crippen molar-refractivity contribution in [3.8, 4) is 11.8 Å². The first kappa shape index (κ1) is 12.5. The molecule has 0 saturated heterocycles. The van der Waals surface area contributed by atoms with Crippen LogP contribution in [0.5, 0.6) is 0 Å². The van der Waals surface area contributed by atoms with E-state index in [1.54, 1.807) is 22.8 Å². The van der Waals surface area contributed by atoms with E-state index in [-0.39, 0.29) is 0 Å². The highest BCUT2D eigenvalue weighted by molar-refractivity contribution is 6.32. The lowest BCUT2D eigenvalue weighted by Crippen LogP contribution is -2.01. The van der Waals surface area contributed by atoms with E-state index in [9.17, 15) is 0 Å². The van der Waals surface area contributed by atoms with Gasteiger partial charge in [0.25, 0.3) is 0 Å². The summed E-state index contributed by atoms with van der Waals surface area (Å²) in [4.78, 5) is 4.35. The fraction of sp³-hybridized carbons (Fsp3) is 0.0667. The van der Waals surface area contributed by atoms with Crippen LogP contribution in [0.1, 0.15) is 11.1 Å². The molecule has 4 nitrogen and oxygen atoms in total. The first-order chi connectivity index (χ1) is 9.60. The zero-order chi connectivity index (χ0) is 14.3. The highest BCUT2D eigenvalue weighted by Crippen LogP contribution is 2.29. The molecule has 1 aromatic heterocycles. The Morgan fingerprint density at radius 3 is 2.75 bits per heavy atom. The van der Waals surface area contributed by atoms with Gasteiger partial charge in [0.15, 0.2) is 0 Å². The fourth-order valence-corrected chi connectivity index (χ4v) is 2.48. The van der Waals surface area contributed by atoms with E-state index in [1.165, 1.54) is 0 Å². The lowest BCUT2D eigenvalue weighted by atomic mass is 10.2. The molecule has 0 saturated carbocycles. The van der Waals surface area contributed by atoms with Crippen LogP contribution in [0.15, 0.2) is 36.4 Å². The Morgan fingerprint density at radius 2 is 2.05 bits per heavy atom. The van der Waals surface area contributed by atoms with Gasteiger partial charge < -0.3 is 5.73 Å². The lowest BCUT2D eigenvalue weighted by Gasteiger charge is -2.09. The monoisotopic (exact) mass is 282 g/mol. The zero-order valence-electron chi connectivity index (χ0n) is 10.8. The largest absolute Gasteiger partial charge is 0.369 e. The molecule has 0 unspecified atom stereocenters. The number of halogens is 1. The molecule has 2 aromatic carbocycles. The van der Waals surface area contributed by atoms with Gasteiger partial charge in [0.1, 0.15) is 0 Å². The molecule has 0 amide bonds. The van der Waals surface area contributed by atoms with Gasteiger partial charge in [-0.2, -0.15) is 5.26 Å². The predicted octanol–water partition coefficient (Wildman–Crippen LogP) is 3.44. The maximum absolute atomic E-state index is 8.89.